The van der Waals surface area contributed by atoms with Crippen molar-refractivity contribution in [2.75, 3.05) is 12.3 Å². The van der Waals surface area contributed by atoms with Crippen LogP contribution in [-0.2, 0) is 17.9 Å². The summed E-state index contributed by atoms with van der Waals surface area (Å²) in [5, 5.41) is 3.90. The Balaban J connectivity index is 1.99. The van der Waals surface area contributed by atoms with E-state index in [-0.39, 0.29) is 18.4 Å². The molecule has 0 aliphatic carbocycles. The van der Waals surface area contributed by atoms with Crippen molar-refractivity contribution in [1.82, 2.24) is 24.6 Å². The van der Waals surface area contributed by atoms with Crippen molar-refractivity contribution < 1.29 is 4.79 Å². The number of nitrogens with zero attached hydrogens (tertiary/aromatic N) is 5. The maximum Gasteiger partial charge on any atom is 0.244 e. The first-order valence-electron chi connectivity index (χ1n) is 6.00. The molecule has 0 bridgehead atoms. The maximum atomic E-state index is 12.1. The Hall–Kier alpha value is -2.44. The van der Waals surface area contributed by atoms with Gasteiger partial charge in [-0.1, -0.05) is 0 Å². The number of pyridine rings is 1. The van der Waals surface area contributed by atoms with Crippen molar-refractivity contribution in [1.29, 1.82) is 0 Å². The lowest BCUT2D eigenvalue weighted by atomic mass is 10.2. The first-order chi connectivity index (χ1) is 9.19. The minimum absolute atomic E-state index is 0.0239. The summed E-state index contributed by atoms with van der Waals surface area (Å²) in [5.41, 5.74) is 6.46. The second-order valence-electron chi connectivity index (χ2n) is 4.06. The summed E-state index contributed by atoms with van der Waals surface area (Å²) in [6.45, 7) is 3.27. The van der Waals surface area contributed by atoms with Gasteiger partial charge in [0.15, 0.2) is 0 Å². The smallest absolute Gasteiger partial charge is 0.244 e. The van der Waals surface area contributed by atoms with Crippen LogP contribution in [0.25, 0.3) is 0 Å². The molecule has 0 radical (unpaired) electrons. The van der Waals surface area contributed by atoms with Gasteiger partial charge in [0.1, 0.15) is 12.9 Å². The molecule has 0 spiro atoms. The highest BCUT2D eigenvalue weighted by Crippen LogP contribution is 2.04. The average molecular weight is 260 g/mol. The zero-order chi connectivity index (χ0) is 13.7. The Bertz CT molecular complexity index is 538. The molecule has 2 N–H and O–H groups in total. The molecule has 0 unspecified atom stereocenters. The van der Waals surface area contributed by atoms with Gasteiger partial charge < -0.3 is 10.6 Å². The van der Waals surface area contributed by atoms with Crippen molar-refractivity contribution in [3.05, 3.63) is 36.4 Å². The Morgan fingerprint density at radius 2 is 2.16 bits per heavy atom. The number of hydrogen-bond donors (Lipinski definition) is 1. The van der Waals surface area contributed by atoms with E-state index >= 15 is 0 Å². The van der Waals surface area contributed by atoms with Crippen LogP contribution < -0.4 is 5.73 Å². The molecular weight excluding hydrogens is 244 g/mol. The zero-order valence-electron chi connectivity index (χ0n) is 10.7. The highest BCUT2D eigenvalue weighted by molar-refractivity contribution is 5.75. The van der Waals surface area contributed by atoms with E-state index in [0.29, 0.717) is 13.1 Å². The molecule has 0 fully saturated rings. The van der Waals surface area contributed by atoms with Gasteiger partial charge in [0.25, 0.3) is 0 Å². The number of aromatic nitrogens is 4. The third-order valence-corrected chi connectivity index (χ3v) is 2.71. The summed E-state index contributed by atoms with van der Waals surface area (Å²) in [6, 6.07) is 3.78. The second-order valence-corrected chi connectivity index (χ2v) is 4.06. The minimum Gasteiger partial charge on any atom is -0.367 e. The van der Waals surface area contributed by atoms with Crippen LogP contribution in [0.1, 0.15) is 12.5 Å². The molecule has 1 amide bonds. The monoisotopic (exact) mass is 260 g/mol. The molecule has 2 aromatic heterocycles. The Morgan fingerprint density at radius 3 is 2.74 bits per heavy atom. The van der Waals surface area contributed by atoms with Crippen LogP contribution in [0.4, 0.5) is 5.95 Å². The van der Waals surface area contributed by atoms with Gasteiger partial charge in [0.05, 0.1) is 0 Å². The number of likely N-dealkylation sites (N-methyl/N-ethyl adjacent to an activating group) is 1. The van der Waals surface area contributed by atoms with Gasteiger partial charge >= 0.3 is 0 Å². The van der Waals surface area contributed by atoms with Gasteiger partial charge in [-0.25, -0.2) is 9.67 Å². The standard InChI is InChI=1S/C12H16N6O/c1-2-17(7-10-3-5-14-6-4-10)11(19)8-18-9-15-12(13)16-18/h3-6,9H,2,7-8H2,1H3,(H2,13,16). The van der Waals surface area contributed by atoms with E-state index in [2.05, 4.69) is 15.1 Å². The average Bonchev–Trinajstić information content (AvgIpc) is 2.82. The van der Waals surface area contributed by atoms with Gasteiger partial charge in [-0.05, 0) is 24.6 Å². The van der Waals surface area contributed by atoms with Crippen molar-refractivity contribution in [2.45, 2.75) is 20.0 Å². The van der Waals surface area contributed by atoms with Crippen LogP contribution >= 0.6 is 0 Å². The number of amides is 1. The predicted octanol–water partition coefficient (Wildman–Crippen LogP) is 0.304. The summed E-state index contributed by atoms with van der Waals surface area (Å²) in [7, 11) is 0. The fourth-order valence-corrected chi connectivity index (χ4v) is 1.71. The highest BCUT2D eigenvalue weighted by Gasteiger charge is 2.13. The van der Waals surface area contributed by atoms with Crippen LogP contribution in [0, 0.1) is 0 Å². The molecule has 7 heteroatoms. The lowest BCUT2D eigenvalue weighted by molar-refractivity contribution is -0.132. The number of nitrogens with two attached hydrogens (primary N) is 1. The SMILES string of the molecule is CCN(Cc1ccncc1)C(=O)Cn1cnc(N)n1. The quantitative estimate of drug-likeness (QED) is 0.835. The summed E-state index contributed by atoms with van der Waals surface area (Å²) in [6.07, 6.45) is 4.88. The normalized spacial score (nSPS) is 10.4. The van der Waals surface area contributed by atoms with E-state index in [1.165, 1.54) is 11.0 Å². The second kappa shape index (κ2) is 5.94. The van der Waals surface area contributed by atoms with E-state index < -0.39 is 0 Å². The minimum atomic E-state index is -0.0239. The van der Waals surface area contributed by atoms with E-state index in [1.54, 1.807) is 17.3 Å². The highest BCUT2D eigenvalue weighted by atomic mass is 16.2. The molecule has 0 aromatic carbocycles. The van der Waals surface area contributed by atoms with Gasteiger partial charge in [0, 0.05) is 25.5 Å². The van der Waals surface area contributed by atoms with Crippen LogP contribution in [0.5, 0.6) is 0 Å². The number of carbonyl (C=O) groups excluding carboxylic acids is 1. The Morgan fingerprint density at radius 1 is 1.42 bits per heavy atom. The van der Waals surface area contributed by atoms with Crippen molar-refractivity contribution in [2.24, 2.45) is 0 Å². The molecule has 7 nitrogen and oxygen atoms in total. The molecule has 0 saturated carbocycles. The van der Waals surface area contributed by atoms with Crippen molar-refractivity contribution >= 4 is 11.9 Å². The maximum absolute atomic E-state index is 12.1. The first kappa shape index (κ1) is 13.0. The number of rotatable bonds is 5. The van der Waals surface area contributed by atoms with Gasteiger partial charge in [0.2, 0.25) is 11.9 Å². The lowest BCUT2D eigenvalue weighted by Gasteiger charge is -2.20. The molecule has 2 heterocycles. The molecule has 0 atom stereocenters. The van der Waals surface area contributed by atoms with E-state index in [4.69, 9.17) is 5.73 Å². The predicted molar refractivity (Wildman–Crippen MR) is 69.8 cm³/mol. The number of carbonyl (C=O) groups is 1. The van der Waals surface area contributed by atoms with Crippen LogP contribution in [0.2, 0.25) is 0 Å². The number of hydrogen-bond acceptors (Lipinski definition) is 5. The van der Waals surface area contributed by atoms with Crippen molar-refractivity contribution in [3.63, 3.8) is 0 Å². The van der Waals surface area contributed by atoms with Crippen LogP contribution in [0.3, 0.4) is 0 Å². The fourth-order valence-electron chi connectivity index (χ4n) is 1.71. The molecule has 0 aliphatic rings. The van der Waals surface area contributed by atoms with Gasteiger partial charge in [-0.3, -0.25) is 9.78 Å². The third-order valence-electron chi connectivity index (χ3n) is 2.71. The number of anilines is 1. The van der Waals surface area contributed by atoms with E-state index in [1.807, 2.05) is 19.1 Å². The topological polar surface area (TPSA) is 89.9 Å². The van der Waals surface area contributed by atoms with Gasteiger partial charge in [-0.15, -0.1) is 5.10 Å². The molecule has 0 aliphatic heterocycles. The number of nitrogen functional groups attached to an aromatic ring is 1. The first-order valence-corrected chi connectivity index (χ1v) is 6.00. The lowest BCUT2D eigenvalue weighted by Crippen LogP contribution is -2.33. The summed E-state index contributed by atoms with van der Waals surface area (Å²) >= 11 is 0. The van der Waals surface area contributed by atoms with Crippen LogP contribution in [-0.4, -0.2) is 37.1 Å². The Labute approximate surface area is 111 Å². The molecule has 2 rings (SSSR count). The summed E-state index contributed by atoms with van der Waals surface area (Å²) < 4.78 is 1.44. The van der Waals surface area contributed by atoms with E-state index in [9.17, 15) is 4.79 Å². The Kier molecular flexibility index (Phi) is 4.07. The molecule has 0 saturated heterocycles. The van der Waals surface area contributed by atoms with Gasteiger partial charge in [-0.2, -0.15) is 0 Å². The van der Waals surface area contributed by atoms with Crippen LogP contribution in [0.15, 0.2) is 30.9 Å². The van der Waals surface area contributed by atoms with Crippen molar-refractivity contribution in [3.8, 4) is 0 Å². The zero-order valence-corrected chi connectivity index (χ0v) is 10.7. The third kappa shape index (κ3) is 3.51. The molecular formula is C12H16N6O. The molecule has 100 valence electrons. The largest absolute Gasteiger partial charge is 0.367 e. The molecule has 19 heavy (non-hydrogen) atoms. The summed E-state index contributed by atoms with van der Waals surface area (Å²) in [5.74, 6) is 0.147. The van der Waals surface area contributed by atoms with E-state index in [0.717, 1.165) is 5.56 Å². The summed E-state index contributed by atoms with van der Waals surface area (Å²) in [4.78, 5) is 21.6. The fraction of sp³-hybridized carbons (Fsp3) is 0.333. The molecule has 2 aromatic rings.